The monoisotopic (exact) mass is 691 g/mol. The lowest BCUT2D eigenvalue weighted by Gasteiger charge is -2.16. The summed E-state index contributed by atoms with van der Waals surface area (Å²) in [4.78, 5) is 48.8. The number of carbonyl (C=O) groups is 3. The van der Waals surface area contributed by atoms with Gasteiger partial charge in [-0.25, -0.2) is 4.98 Å². The van der Waals surface area contributed by atoms with Crippen molar-refractivity contribution in [2.24, 2.45) is 0 Å². The van der Waals surface area contributed by atoms with Crippen molar-refractivity contribution in [2.75, 3.05) is 10.6 Å². The molecule has 1 atom stereocenters. The fraction of sp³-hybridized carbons (Fsp3) is 0.0732. The van der Waals surface area contributed by atoms with Crippen LogP contribution >= 0.6 is 11.8 Å². The summed E-state index contributed by atoms with van der Waals surface area (Å²) in [6.07, 6.45) is 4.04. The van der Waals surface area contributed by atoms with Crippen LogP contribution in [0.4, 0.5) is 11.4 Å². The average molecular weight is 692 g/mol. The van der Waals surface area contributed by atoms with Gasteiger partial charge in [-0.15, -0.1) is 11.8 Å². The first-order chi connectivity index (χ1) is 24.9. The van der Waals surface area contributed by atoms with Gasteiger partial charge in [-0.1, -0.05) is 61.5 Å². The van der Waals surface area contributed by atoms with Gasteiger partial charge in [0.1, 0.15) is 11.2 Å². The fourth-order valence-corrected chi connectivity index (χ4v) is 6.57. The normalized spacial score (nSPS) is 12.1. The number of aromatic nitrogens is 2. The van der Waals surface area contributed by atoms with Crippen molar-refractivity contribution < 1.29 is 18.8 Å². The van der Waals surface area contributed by atoms with Crippen LogP contribution in [0.15, 0.2) is 149 Å². The Labute approximate surface area is 298 Å². The Bertz CT molecular complexity index is 2350. The van der Waals surface area contributed by atoms with Crippen LogP contribution in [0.2, 0.25) is 0 Å². The summed E-state index contributed by atoms with van der Waals surface area (Å²) in [6, 6.07) is 38.7. The molecule has 1 unspecified atom stereocenters. The van der Waals surface area contributed by atoms with Gasteiger partial charge in [0.2, 0.25) is 11.8 Å². The second kappa shape index (κ2) is 15.0. The van der Waals surface area contributed by atoms with Crippen LogP contribution in [0.1, 0.15) is 29.3 Å². The lowest BCUT2D eigenvalue weighted by molar-refractivity contribution is -0.116. The second-order valence-corrected chi connectivity index (χ2v) is 13.0. The Morgan fingerprint density at radius 3 is 2.39 bits per heavy atom. The number of H-pyrrole nitrogens is 1. The number of hydrogen-bond acceptors (Lipinski definition) is 6. The zero-order chi connectivity index (χ0) is 35.2. The van der Waals surface area contributed by atoms with E-state index in [1.807, 2.05) is 104 Å². The van der Waals surface area contributed by atoms with Crippen LogP contribution < -0.4 is 16.0 Å². The van der Waals surface area contributed by atoms with Crippen LogP contribution in [0, 0.1) is 0 Å². The molecule has 0 aliphatic carbocycles. The van der Waals surface area contributed by atoms with Gasteiger partial charge < -0.3 is 25.4 Å². The molecule has 252 valence electrons. The number of rotatable bonds is 11. The number of hydrogen-bond donors (Lipinski definition) is 4. The number of oxazole rings is 1. The number of nitrogens with zero attached hydrogens (tertiary/aromatic N) is 1. The number of carbonyl (C=O) groups excluding carboxylic acids is 3. The Kier molecular flexibility index (Phi) is 9.75. The molecule has 0 aliphatic rings. The van der Waals surface area contributed by atoms with Crippen molar-refractivity contribution in [2.45, 2.75) is 23.5 Å². The van der Waals surface area contributed by atoms with E-state index < -0.39 is 17.1 Å². The maximum Gasteiger partial charge on any atom is 0.272 e. The largest absolute Gasteiger partial charge is 0.436 e. The lowest BCUT2D eigenvalue weighted by Crippen LogP contribution is -2.30. The van der Waals surface area contributed by atoms with Gasteiger partial charge in [-0.3, -0.25) is 14.4 Å². The molecule has 3 amide bonds. The minimum Gasteiger partial charge on any atom is -0.436 e. The smallest absolute Gasteiger partial charge is 0.272 e. The predicted molar refractivity (Wildman–Crippen MR) is 203 cm³/mol. The number of anilines is 2. The Morgan fingerprint density at radius 1 is 0.824 bits per heavy atom. The van der Waals surface area contributed by atoms with Crippen molar-refractivity contribution in [3.8, 4) is 11.5 Å². The van der Waals surface area contributed by atoms with Gasteiger partial charge in [0.25, 0.3) is 11.8 Å². The van der Waals surface area contributed by atoms with E-state index in [0.29, 0.717) is 34.8 Å². The molecular weight excluding hydrogens is 659 g/mol. The van der Waals surface area contributed by atoms with Crippen molar-refractivity contribution in [1.29, 1.82) is 0 Å². The minimum atomic E-state index is -0.488. The molecule has 0 spiro atoms. The summed E-state index contributed by atoms with van der Waals surface area (Å²) in [5.41, 5.74) is 5.67. The maximum absolute atomic E-state index is 13.7. The number of amides is 3. The fourth-order valence-electron chi connectivity index (χ4n) is 5.56. The lowest BCUT2D eigenvalue weighted by atomic mass is 10.1. The molecule has 51 heavy (non-hydrogen) atoms. The van der Waals surface area contributed by atoms with Crippen LogP contribution in [0.3, 0.4) is 0 Å². The maximum atomic E-state index is 13.7. The molecule has 2 heterocycles. The predicted octanol–water partition coefficient (Wildman–Crippen LogP) is 8.90. The van der Waals surface area contributed by atoms with Crippen molar-refractivity contribution in [3.63, 3.8) is 0 Å². The minimum absolute atomic E-state index is 0.0830. The van der Waals surface area contributed by atoms with E-state index in [1.165, 1.54) is 11.8 Å². The molecule has 0 saturated heterocycles. The van der Waals surface area contributed by atoms with Crippen LogP contribution in [-0.4, -0.2) is 32.9 Å². The van der Waals surface area contributed by atoms with Gasteiger partial charge in [-0.2, -0.15) is 0 Å². The highest BCUT2D eigenvalue weighted by atomic mass is 32.2. The molecular formula is C41H33N5O4S. The number of thioether (sulfide) groups is 1. The van der Waals surface area contributed by atoms with E-state index >= 15 is 0 Å². The van der Waals surface area contributed by atoms with E-state index in [4.69, 9.17) is 4.42 Å². The summed E-state index contributed by atoms with van der Waals surface area (Å²) >= 11 is 1.40. The molecule has 0 fully saturated rings. The number of benzene rings is 5. The van der Waals surface area contributed by atoms with E-state index in [2.05, 4.69) is 25.9 Å². The Morgan fingerprint density at radius 2 is 1.59 bits per heavy atom. The molecule has 2 aromatic heterocycles. The standard InChI is InChI=1S/C41H33N5O4S/c1-2-37(40(49)43-29-21-19-27(20-22-29)41-46-34-17-8-9-18-36(34)50-41)51-31-14-10-13-30(24-31)44-39(48)35(45-38(47)26-11-4-3-5-12-26)23-28-25-42-33-16-7-6-15-32(28)33/h3-25,37,42H,2H2,1H3,(H,43,49)(H,44,48)(H,45,47)/b35-23-. The summed E-state index contributed by atoms with van der Waals surface area (Å²) in [5, 5.41) is 9.26. The Hall–Kier alpha value is -6.39. The third kappa shape index (κ3) is 7.76. The zero-order valence-electron chi connectivity index (χ0n) is 27.6. The molecule has 0 bridgehead atoms. The highest BCUT2D eigenvalue weighted by molar-refractivity contribution is 8.00. The molecule has 5 aromatic carbocycles. The molecule has 7 rings (SSSR count). The number of para-hydroxylation sites is 3. The highest BCUT2D eigenvalue weighted by Gasteiger charge is 2.20. The quantitative estimate of drug-likeness (QED) is 0.0792. The summed E-state index contributed by atoms with van der Waals surface area (Å²) in [5.74, 6) is -0.516. The van der Waals surface area contributed by atoms with Crippen molar-refractivity contribution >= 4 is 68.9 Å². The third-order valence-electron chi connectivity index (χ3n) is 8.18. The van der Waals surface area contributed by atoms with Gasteiger partial charge in [0.05, 0.1) is 5.25 Å². The van der Waals surface area contributed by atoms with E-state index in [1.54, 1.807) is 42.6 Å². The van der Waals surface area contributed by atoms with Crippen molar-refractivity contribution in [1.82, 2.24) is 15.3 Å². The second-order valence-electron chi connectivity index (χ2n) is 11.7. The number of fused-ring (bicyclic) bond motifs is 2. The number of aromatic amines is 1. The molecule has 0 aliphatic heterocycles. The zero-order valence-corrected chi connectivity index (χ0v) is 28.4. The number of nitrogens with one attached hydrogen (secondary N) is 4. The van der Waals surface area contributed by atoms with Gasteiger partial charge >= 0.3 is 0 Å². The molecule has 7 aromatic rings. The summed E-state index contributed by atoms with van der Waals surface area (Å²) in [6.45, 7) is 1.95. The first kappa shape index (κ1) is 33.1. The van der Waals surface area contributed by atoms with E-state index in [9.17, 15) is 14.4 Å². The summed E-state index contributed by atoms with van der Waals surface area (Å²) in [7, 11) is 0. The van der Waals surface area contributed by atoms with Crippen LogP contribution in [-0.2, 0) is 9.59 Å². The molecule has 9 nitrogen and oxygen atoms in total. The summed E-state index contributed by atoms with van der Waals surface area (Å²) < 4.78 is 5.87. The molecule has 10 heteroatoms. The van der Waals surface area contributed by atoms with Crippen LogP contribution in [0.5, 0.6) is 0 Å². The van der Waals surface area contributed by atoms with Crippen LogP contribution in [0.25, 0.3) is 39.5 Å². The molecule has 0 saturated carbocycles. The van der Waals surface area contributed by atoms with E-state index in [0.717, 1.165) is 32.4 Å². The molecule has 4 N–H and O–H groups in total. The van der Waals surface area contributed by atoms with Gasteiger partial charge in [0.15, 0.2) is 5.58 Å². The SMILES string of the molecule is CCC(Sc1cccc(NC(=O)/C(=C/c2c[nH]c3ccccc23)NC(=O)c2ccccc2)c1)C(=O)Nc1ccc(-c2nc3ccccc3o2)cc1. The highest BCUT2D eigenvalue weighted by Crippen LogP contribution is 2.30. The van der Waals surface area contributed by atoms with Gasteiger partial charge in [0, 0.05) is 50.1 Å². The topological polar surface area (TPSA) is 129 Å². The first-order valence-electron chi connectivity index (χ1n) is 16.4. The first-order valence-corrected chi connectivity index (χ1v) is 17.3. The molecule has 0 radical (unpaired) electrons. The van der Waals surface area contributed by atoms with E-state index in [-0.39, 0.29) is 11.6 Å². The Balaban J connectivity index is 1.04. The van der Waals surface area contributed by atoms with Gasteiger partial charge in [-0.05, 0) is 85.3 Å². The van der Waals surface area contributed by atoms with Crippen molar-refractivity contribution in [3.05, 3.63) is 150 Å². The average Bonchev–Trinajstić information content (AvgIpc) is 3.79. The third-order valence-corrected chi connectivity index (χ3v) is 9.53.